The van der Waals surface area contributed by atoms with Crippen LogP contribution in [0.1, 0.15) is 26.2 Å². The van der Waals surface area contributed by atoms with E-state index in [1.165, 1.54) is 6.42 Å². The van der Waals surface area contributed by atoms with Crippen molar-refractivity contribution in [3.05, 3.63) is 0 Å². The molecule has 0 aliphatic carbocycles. The van der Waals surface area contributed by atoms with E-state index in [2.05, 4.69) is 17.9 Å². The van der Waals surface area contributed by atoms with Gasteiger partial charge in [0.15, 0.2) is 0 Å². The number of unbranched alkanes of at least 4 members (excludes halogenated alkanes) is 1. The molecule has 3 heteroatoms. The molecule has 0 aromatic carbocycles. The van der Waals surface area contributed by atoms with Gasteiger partial charge >= 0.3 is 0 Å². The summed E-state index contributed by atoms with van der Waals surface area (Å²) < 4.78 is 0. The first-order chi connectivity index (χ1) is 6.24. The lowest BCUT2D eigenvalue weighted by molar-refractivity contribution is 0.168. The van der Waals surface area contributed by atoms with Gasteiger partial charge in [-0.3, -0.25) is 0 Å². The van der Waals surface area contributed by atoms with Crippen LogP contribution in [0.3, 0.4) is 0 Å². The Kier molecular flexibility index (Phi) is 4.20. The average molecular weight is 181 g/mol. The molecule has 74 valence electrons. The summed E-state index contributed by atoms with van der Waals surface area (Å²) in [6.45, 7) is 5.41. The Morgan fingerprint density at radius 2 is 2.38 bits per heavy atom. The van der Waals surface area contributed by atoms with Crippen LogP contribution in [0.2, 0.25) is 0 Å². The molecule has 1 aliphatic rings. The lowest BCUT2D eigenvalue weighted by atomic mass is 9.94. The molecule has 2 unspecified atom stereocenters. The second-order valence-electron chi connectivity index (χ2n) is 3.99. The van der Waals surface area contributed by atoms with Crippen LogP contribution in [-0.4, -0.2) is 30.6 Å². The summed E-state index contributed by atoms with van der Waals surface area (Å²) >= 11 is 0. The second kappa shape index (κ2) is 5.21. The van der Waals surface area contributed by atoms with Crippen LogP contribution in [-0.2, 0) is 0 Å². The van der Waals surface area contributed by atoms with E-state index < -0.39 is 0 Å². The van der Waals surface area contributed by atoms with Crippen LogP contribution in [0.15, 0.2) is 0 Å². The molecule has 3 nitrogen and oxygen atoms in total. The molecule has 0 saturated carbocycles. The third-order valence-electron chi connectivity index (χ3n) is 2.86. The van der Waals surface area contributed by atoms with Gasteiger partial charge < -0.3 is 10.6 Å². The number of piperidine rings is 1. The predicted molar refractivity (Wildman–Crippen MR) is 53.0 cm³/mol. The molecule has 1 aliphatic heterocycles. The van der Waals surface area contributed by atoms with Crippen LogP contribution < -0.4 is 5.73 Å². The fourth-order valence-electron chi connectivity index (χ4n) is 1.75. The first-order valence-corrected chi connectivity index (χ1v) is 5.09. The van der Waals surface area contributed by atoms with E-state index in [1.54, 1.807) is 0 Å². The first kappa shape index (κ1) is 10.5. The molecule has 0 aromatic rings. The van der Waals surface area contributed by atoms with Crippen molar-refractivity contribution in [1.82, 2.24) is 4.90 Å². The van der Waals surface area contributed by atoms with Crippen LogP contribution in [0.5, 0.6) is 0 Å². The number of hydrogen-bond acceptors (Lipinski definition) is 3. The monoisotopic (exact) mass is 181 g/mol. The fourth-order valence-corrected chi connectivity index (χ4v) is 1.75. The van der Waals surface area contributed by atoms with E-state index in [-0.39, 0.29) is 0 Å². The van der Waals surface area contributed by atoms with Crippen molar-refractivity contribution in [3.8, 4) is 6.07 Å². The Labute approximate surface area is 80.5 Å². The molecule has 13 heavy (non-hydrogen) atoms. The molecule has 2 atom stereocenters. The second-order valence-corrected chi connectivity index (χ2v) is 3.99. The molecule has 1 heterocycles. The minimum atomic E-state index is 0.329. The van der Waals surface area contributed by atoms with Gasteiger partial charge in [0, 0.05) is 19.0 Å². The molecular weight excluding hydrogens is 162 g/mol. The molecule has 0 spiro atoms. The number of rotatable bonds is 3. The van der Waals surface area contributed by atoms with Crippen molar-refractivity contribution in [1.29, 1.82) is 5.26 Å². The van der Waals surface area contributed by atoms with Crippen LogP contribution in [0.4, 0.5) is 0 Å². The van der Waals surface area contributed by atoms with Gasteiger partial charge in [0.05, 0.1) is 6.07 Å². The van der Waals surface area contributed by atoms with Crippen molar-refractivity contribution < 1.29 is 0 Å². The number of nitrogens with zero attached hydrogens (tertiary/aromatic N) is 2. The van der Waals surface area contributed by atoms with Gasteiger partial charge in [-0.1, -0.05) is 6.92 Å². The third-order valence-corrected chi connectivity index (χ3v) is 2.86. The van der Waals surface area contributed by atoms with Crippen molar-refractivity contribution in [3.63, 3.8) is 0 Å². The zero-order valence-corrected chi connectivity index (χ0v) is 8.37. The molecule has 1 rings (SSSR count). The summed E-state index contributed by atoms with van der Waals surface area (Å²) in [5.41, 5.74) is 5.97. The Morgan fingerprint density at radius 3 is 3.00 bits per heavy atom. The lowest BCUT2D eigenvalue weighted by Gasteiger charge is -2.34. The molecule has 1 saturated heterocycles. The average Bonchev–Trinajstić information content (AvgIpc) is 2.12. The van der Waals surface area contributed by atoms with Crippen LogP contribution in [0, 0.1) is 17.2 Å². The Bertz CT molecular complexity index is 185. The normalized spacial score (nSPS) is 29.9. The number of hydrogen-bond donors (Lipinski definition) is 1. The Morgan fingerprint density at radius 1 is 1.62 bits per heavy atom. The number of likely N-dealkylation sites (tertiary alicyclic amines) is 1. The maximum Gasteiger partial charge on any atom is 0.0622 e. The minimum absolute atomic E-state index is 0.329. The smallest absolute Gasteiger partial charge is 0.0622 e. The highest BCUT2D eigenvalue weighted by Crippen LogP contribution is 2.15. The van der Waals surface area contributed by atoms with E-state index >= 15 is 0 Å². The summed E-state index contributed by atoms with van der Waals surface area (Å²) in [7, 11) is 0. The van der Waals surface area contributed by atoms with Gasteiger partial charge in [0.2, 0.25) is 0 Å². The summed E-state index contributed by atoms with van der Waals surface area (Å²) in [5.74, 6) is 0.659. The summed E-state index contributed by atoms with van der Waals surface area (Å²) in [6, 6.07) is 2.50. The standard InChI is InChI=1S/C10H19N3/c1-9-4-7-13(8-10(9)12)6-3-2-5-11/h9-10H,2-4,6-8,12H2,1H3. The zero-order valence-electron chi connectivity index (χ0n) is 8.37. The van der Waals surface area contributed by atoms with E-state index in [1.807, 2.05) is 0 Å². The van der Waals surface area contributed by atoms with Gasteiger partial charge in [0.1, 0.15) is 0 Å². The number of nitrogens with two attached hydrogens (primary N) is 1. The highest BCUT2D eigenvalue weighted by Gasteiger charge is 2.22. The van der Waals surface area contributed by atoms with Gasteiger partial charge in [-0.2, -0.15) is 5.26 Å². The fraction of sp³-hybridized carbons (Fsp3) is 0.900. The first-order valence-electron chi connectivity index (χ1n) is 5.09. The van der Waals surface area contributed by atoms with Gasteiger partial charge in [-0.05, 0) is 31.8 Å². The third kappa shape index (κ3) is 3.33. The summed E-state index contributed by atoms with van der Waals surface area (Å²) in [6.07, 6.45) is 2.85. The van der Waals surface area contributed by atoms with E-state index in [4.69, 9.17) is 11.0 Å². The Balaban J connectivity index is 2.18. The highest BCUT2D eigenvalue weighted by atomic mass is 15.1. The topological polar surface area (TPSA) is 53.0 Å². The number of nitriles is 1. The molecule has 1 fully saturated rings. The van der Waals surface area contributed by atoms with Crippen molar-refractivity contribution >= 4 is 0 Å². The van der Waals surface area contributed by atoms with E-state index in [0.717, 1.165) is 26.1 Å². The van der Waals surface area contributed by atoms with Gasteiger partial charge in [-0.15, -0.1) is 0 Å². The minimum Gasteiger partial charge on any atom is -0.326 e. The SMILES string of the molecule is CC1CCN(CCCC#N)CC1N. The van der Waals surface area contributed by atoms with Crippen LogP contribution >= 0.6 is 0 Å². The maximum atomic E-state index is 8.40. The van der Waals surface area contributed by atoms with E-state index in [0.29, 0.717) is 18.4 Å². The largest absolute Gasteiger partial charge is 0.326 e. The molecule has 0 amide bonds. The quantitative estimate of drug-likeness (QED) is 0.660. The Hall–Kier alpha value is -0.590. The van der Waals surface area contributed by atoms with Crippen molar-refractivity contribution in [2.45, 2.75) is 32.2 Å². The molecule has 0 bridgehead atoms. The van der Waals surface area contributed by atoms with Gasteiger partial charge in [-0.25, -0.2) is 0 Å². The van der Waals surface area contributed by atoms with Crippen LogP contribution in [0.25, 0.3) is 0 Å². The predicted octanol–water partition coefficient (Wildman–Crippen LogP) is 0.959. The lowest BCUT2D eigenvalue weighted by Crippen LogP contribution is -2.47. The summed E-state index contributed by atoms with van der Waals surface area (Å²) in [5, 5.41) is 8.40. The molecule has 0 radical (unpaired) electrons. The molecule has 2 N–H and O–H groups in total. The maximum absolute atomic E-state index is 8.40. The highest BCUT2D eigenvalue weighted by molar-refractivity contribution is 4.81. The van der Waals surface area contributed by atoms with Gasteiger partial charge in [0.25, 0.3) is 0 Å². The summed E-state index contributed by atoms with van der Waals surface area (Å²) in [4.78, 5) is 2.38. The van der Waals surface area contributed by atoms with Crippen molar-refractivity contribution in [2.75, 3.05) is 19.6 Å². The molecule has 0 aromatic heterocycles. The van der Waals surface area contributed by atoms with E-state index in [9.17, 15) is 0 Å². The zero-order chi connectivity index (χ0) is 9.68. The molecular formula is C10H19N3. The van der Waals surface area contributed by atoms with Crippen molar-refractivity contribution in [2.24, 2.45) is 11.7 Å².